The number of benzene rings is 9. The zero-order valence-electron chi connectivity index (χ0n) is 33.6. The molecule has 0 radical (unpaired) electrons. The van der Waals surface area contributed by atoms with Crippen molar-refractivity contribution in [2.75, 3.05) is 0 Å². The summed E-state index contributed by atoms with van der Waals surface area (Å²) >= 11 is 0. The van der Waals surface area contributed by atoms with Gasteiger partial charge in [0.15, 0.2) is 5.82 Å². The maximum absolute atomic E-state index is 5.43. The van der Waals surface area contributed by atoms with E-state index >= 15 is 0 Å². The third kappa shape index (κ3) is 5.98. The maximum atomic E-state index is 5.43. The van der Waals surface area contributed by atoms with Crippen LogP contribution in [0.3, 0.4) is 0 Å². The highest BCUT2D eigenvalue weighted by Gasteiger charge is 2.22. The van der Waals surface area contributed by atoms with Crippen LogP contribution in [0.15, 0.2) is 224 Å². The minimum atomic E-state index is 0.677. The average Bonchev–Trinajstić information content (AvgIpc) is 3.92. The van der Waals surface area contributed by atoms with Crippen LogP contribution in [0, 0.1) is 0 Å². The van der Waals surface area contributed by atoms with E-state index in [-0.39, 0.29) is 0 Å². The largest absolute Gasteiger partial charge is 0.309 e. The predicted molar refractivity (Wildman–Crippen MR) is 256 cm³/mol. The molecule has 0 unspecified atom stereocenters. The molecule has 0 saturated carbocycles. The lowest BCUT2D eigenvalue weighted by atomic mass is 9.93. The fourth-order valence-electron chi connectivity index (χ4n) is 9.05. The monoisotopic (exact) mass is 791 g/mol. The number of fused-ring (bicyclic) bond motifs is 6. The first-order valence-electron chi connectivity index (χ1n) is 20.9. The minimum Gasteiger partial charge on any atom is -0.309 e. The molecule has 62 heavy (non-hydrogen) atoms. The first kappa shape index (κ1) is 35.5. The van der Waals surface area contributed by atoms with Gasteiger partial charge in [-0.3, -0.25) is 0 Å². The molecule has 5 heteroatoms. The summed E-state index contributed by atoms with van der Waals surface area (Å²) in [4.78, 5) is 10.4. The third-order valence-corrected chi connectivity index (χ3v) is 11.9. The zero-order chi connectivity index (χ0) is 41.0. The summed E-state index contributed by atoms with van der Waals surface area (Å²) in [5.41, 5.74) is 14.4. The van der Waals surface area contributed by atoms with Crippen LogP contribution in [0.4, 0.5) is 0 Å². The molecule has 0 bridgehead atoms. The Morgan fingerprint density at radius 3 is 1.58 bits per heavy atom. The fraction of sp³-hybridized carbons (Fsp3) is 0. The van der Waals surface area contributed by atoms with Crippen molar-refractivity contribution in [2.45, 2.75) is 0 Å². The van der Waals surface area contributed by atoms with Gasteiger partial charge < -0.3 is 4.57 Å². The van der Waals surface area contributed by atoms with Crippen molar-refractivity contribution >= 4 is 43.5 Å². The van der Waals surface area contributed by atoms with Gasteiger partial charge in [0.05, 0.1) is 33.6 Å². The Balaban J connectivity index is 1.02. The highest BCUT2D eigenvalue weighted by atomic mass is 15.3. The van der Waals surface area contributed by atoms with Gasteiger partial charge in [-0.2, -0.15) is 5.10 Å². The van der Waals surface area contributed by atoms with Crippen LogP contribution in [0.1, 0.15) is 0 Å². The standard InChI is InChI=1S/C57H37N5/c1-4-17-38(18-5-1)49-36-42-21-10-11-26-46(42)56-54(49)55(60-62(56)44-23-8-3-9-24-44)40-33-31-39(32-34-40)50-37-51(59-57(58-50)41-19-6-2-7-20-41)43-22-16-25-45(35-43)61-52-29-14-12-27-47(52)48-28-13-15-30-53(48)61/h1-37H. The van der Waals surface area contributed by atoms with Gasteiger partial charge in [0.2, 0.25) is 0 Å². The molecule has 0 aliphatic heterocycles. The summed E-state index contributed by atoms with van der Waals surface area (Å²) in [5, 5.41) is 11.3. The molecule has 3 heterocycles. The van der Waals surface area contributed by atoms with Crippen molar-refractivity contribution in [1.29, 1.82) is 0 Å². The molecular weight excluding hydrogens is 755 g/mol. The van der Waals surface area contributed by atoms with Gasteiger partial charge in [-0.1, -0.05) is 176 Å². The summed E-state index contributed by atoms with van der Waals surface area (Å²) < 4.78 is 4.46. The Bertz CT molecular complexity index is 3550. The molecule has 0 aliphatic carbocycles. The zero-order valence-corrected chi connectivity index (χ0v) is 33.6. The van der Waals surface area contributed by atoms with Crippen molar-refractivity contribution in [1.82, 2.24) is 24.3 Å². The molecule has 0 amide bonds. The molecule has 5 nitrogen and oxygen atoms in total. The second kappa shape index (κ2) is 14.7. The van der Waals surface area contributed by atoms with Gasteiger partial charge in [-0.25, -0.2) is 14.6 Å². The fourth-order valence-corrected chi connectivity index (χ4v) is 9.05. The van der Waals surface area contributed by atoms with E-state index < -0.39 is 0 Å². The minimum absolute atomic E-state index is 0.677. The summed E-state index contributed by atoms with van der Waals surface area (Å²) in [5.74, 6) is 0.677. The molecule has 9 aromatic carbocycles. The predicted octanol–water partition coefficient (Wildman–Crippen LogP) is 14.4. The molecule has 0 saturated heterocycles. The first-order chi connectivity index (χ1) is 30.7. The van der Waals surface area contributed by atoms with Crippen LogP contribution in [-0.2, 0) is 0 Å². The van der Waals surface area contributed by atoms with Crippen LogP contribution in [-0.4, -0.2) is 24.3 Å². The molecular formula is C57H37N5. The molecule has 0 fully saturated rings. The molecule has 290 valence electrons. The van der Waals surface area contributed by atoms with E-state index in [9.17, 15) is 0 Å². The number of hydrogen-bond donors (Lipinski definition) is 0. The van der Waals surface area contributed by atoms with Crippen molar-refractivity contribution in [3.63, 3.8) is 0 Å². The van der Waals surface area contributed by atoms with Crippen LogP contribution in [0.25, 0.3) is 111 Å². The average molecular weight is 792 g/mol. The Kier molecular flexibility index (Phi) is 8.42. The van der Waals surface area contributed by atoms with Crippen molar-refractivity contribution in [3.05, 3.63) is 224 Å². The topological polar surface area (TPSA) is 48.5 Å². The Morgan fingerprint density at radius 1 is 0.355 bits per heavy atom. The molecule has 0 spiro atoms. The first-order valence-corrected chi connectivity index (χ1v) is 20.9. The van der Waals surface area contributed by atoms with E-state index in [2.05, 4.69) is 209 Å². The molecule has 0 aliphatic rings. The van der Waals surface area contributed by atoms with Crippen LogP contribution in [0.2, 0.25) is 0 Å². The SMILES string of the molecule is c1ccc(-c2nc(-c3ccc(-c4nn(-c5ccccc5)c5c4c(-c4ccccc4)cc4ccccc45)cc3)cc(-c3cccc(-n4c5ccccc5c5ccccc54)c3)n2)cc1. The highest BCUT2D eigenvalue weighted by Crippen LogP contribution is 2.42. The lowest BCUT2D eigenvalue weighted by molar-refractivity contribution is 0.918. The van der Waals surface area contributed by atoms with E-state index in [1.807, 2.05) is 24.3 Å². The normalized spacial score (nSPS) is 11.5. The van der Waals surface area contributed by atoms with Crippen molar-refractivity contribution < 1.29 is 0 Å². The molecule has 0 atom stereocenters. The van der Waals surface area contributed by atoms with Gasteiger partial charge in [0.1, 0.15) is 5.69 Å². The van der Waals surface area contributed by atoms with Gasteiger partial charge in [-0.05, 0) is 65.0 Å². The summed E-state index contributed by atoms with van der Waals surface area (Å²) in [6.45, 7) is 0. The smallest absolute Gasteiger partial charge is 0.160 e. The third-order valence-electron chi connectivity index (χ3n) is 11.9. The van der Waals surface area contributed by atoms with E-state index in [0.29, 0.717) is 5.82 Å². The number of para-hydroxylation sites is 3. The van der Waals surface area contributed by atoms with E-state index in [1.54, 1.807) is 0 Å². The summed E-state index contributed by atoms with van der Waals surface area (Å²) in [6.07, 6.45) is 0. The van der Waals surface area contributed by atoms with E-state index in [0.717, 1.165) is 78.1 Å². The Labute approximate surface area is 358 Å². The quantitative estimate of drug-likeness (QED) is 0.162. The van der Waals surface area contributed by atoms with Crippen molar-refractivity contribution in [3.8, 4) is 67.7 Å². The number of nitrogens with zero attached hydrogens (tertiary/aromatic N) is 5. The Morgan fingerprint density at radius 2 is 0.887 bits per heavy atom. The van der Waals surface area contributed by atoms with Gasteiger partial charge in [0, 0.05) is 49.5 Å². The molecule has 12 aromatic rings. The van der Waals surface area contributed by atoms with Crippen molar-refractivity contribution in [2.24, 2.45) is 0 Å². The van der Waals surface area contributed by atoms with Gasteiger partial charge in [0.25, 0.3) is 0 Å². The number of aromatic nitrogens is 5. The lowest BCUT2D eigenvalue weighted by Gasteiger charge is -2.12. The van der Waals surface area contributed by atoms with Crippen LogP contribution in [0.5, 0.6) is 0 Å². The maximum Gasteiger partial charge on any atom is 0.160 e. The lowest BCUT2D eigenvalue weighted by Crippen LogP contribution is -1.98. The second-order valence-corrected chi connectivity index (χ2v) is 15.7. The molecule has 0 N–H and O–H groups in total. The second-order valence-electron chi connectivity index (χ2n) is 15.7. The van der Waals surface area contributed by atoms with E-state index in [4.69, 9.17) is 15.1 Å². The molecule has 3 aromatic heterocycles. The van der Waals surface area contributed by atoms with Gasteiger partial charge in [-0.15, -0.1) is 0 Å². The van der Waals surface area contributed by atoms with Crippen LogP contribution < -0.4 is 0 Å². The Hall–Kier alpha value is -8.41. The number of hydrogen-bond acceptors (Lipinski definition) is 3. The molecule has 12 rings (SSSR count). The number of rotatable bonds is 7. The summed E-state index contributed by atoms with van der Waals surface area (Å²) in [7, 11) is 0. The van der Waals surface area contributed by atoms with Crippen LogP contribution >= 0.6 is 0 Å². The highest BCUT2D eigenvalue weighted by molar-refractivity contribution is 6.17. The van der Waals surface area contributed by atoms with E-state index in [1.165, 1.54) is 27.2 Å². The summed E-state index contributed by atoms with van der Waals surface area (Å²) in [6, 6.07) is 79.0. The van der Waals surface area contributed by atoms with Gasteiger partial charge >= 0.3 is 0 Å².